The van der Waals surface area contributed by atoms with E-state index in [-0.39, 0.29) is 0 Å². The number of hydrogen-bond donors (Lipinski definition) is 0. The Morgan fingerprint density at radius 2 is 2.00 bits per heavy atom. The molecule has 48 valence electrons. The second kappa shape index (κ2) is 3.22. The smallest absolute Gasteiger partial charge is 0.197 e. The van der Waals surface area contributed by atoms with E-state index < -0.39 is 8.32 Å². The van der Waals surface area contributed by atoms with Gasteiger partial charge in [-0.2, -0.15) is 0 Å². The van der Waals surface area contributed by atoms with Crippen molar-refractivity contribution in [3.05, 3.63) is 11.8 Å². The molecule has 0 N–H and O–H groups in total. The average molecular weight is 146 g/mol. The predicted octanol–water partition coefficient (Wildman–Crippen LogP) is 0.604. The van der Waals surface area contributed by atoms with E-state index in [2.05, 4.69) is 24.9 Å². The highest BCUT2D eigenvalue weighted by molar-refractivity contribution is 6.78. The summed E-state index contributed by atoms with van der Waals surface area (Å²) in [5, 5.41) is 0. The molecule has 0 aliphatic carbocycles. The molecule has 0 aromatic heterocycles. The summed E-state index contributed by atoms with van der Waals surface area (Å²) in [6.45, 7) is 6.43. The molecular weight excluding hydrogens is 132 g/mol. The van der Waals surface area contributed by atoms with Crippen molar-refractivity contribution in [3.8, 4) is 0 Å². The lowest BCUT2D eigenvalue weighted by Crippen LogP contribution is -2.26. The Morgan fingerprint density at radius 3 is 2.12 bits per heavy atom. The van der Waals surface area contributed by atoms with Crippen LogP contribution in [-0.4, -0.2) is 18.8 Å². The summed E-state index contributed by atoms with van der Waals surface area (Å²) in [4.78, 5) is 0. The minimum Gasteiger partial charge on any atom is -0.461 e. The Morgan fingerprint density at radius 1 is 1.50 bits per heavy atom. The third kappa shape index (κ3) is 3.18. The Bertz CT molecular complexity index is 88.4. The van der Waals surface area contributed by atoms with E-state index in [0.717, 1.165) is 10.5 Å². The molecule has 0 saturated heterocycles. The van der Waals surface area contributed by atoms with Gasteiger partial charge in [-0.05, 0) is 20.0 Å². The Balaban J connectivity index is 3.71. The van der Waals surface area contributed by atoms with Crippen LogP contribution in [-0.2, 0) is 4.12 Å². The monoisotopic (exact) mass is 146 g/mol. The molecule has 0 amide bonds. The van der Waals surface area contributed by atoms with Gasteiger partial charge in [0.05, 0.1) is 0 Å². The Hall–Kier alpha value is 0.134. The van der Waals surface area contributed by atoms with E-state index in [4.69, 9.17) is 4.12 Å². The molecule has 0 saturated carbocycles. The predicted molar refractivity (Wildman–Crippen MR) is 43.3 cm³/mol. The zero-order chi connectivity index (χ0) is 6.62. The van der Waals surface area contributed by atoms with Crippen molar-refractivity contribution in [1.29, 1.82) is 0 Å². The molecule has 0 spiro atoms. The molecule has 0 aliphatic heterocycles. The maximum atomic E-state index is 5.37. The van der Waals surface area contributed by atoms with Crippen LogP contribution in [0.1, 0.15) is 6.92 Å². The summed E-state index contributed by atoms with van der Waals surface area (Å²) < 4.78 is 5.37. The lowest BCUT2D eigenvalue weighted by Gasteiger charge is -2.14. The van der Waals surface area contributed by atoms with Crippen LogP contribution in [0.5, 0.6) is 0 Å². The third-order valence-corrected chi connectivity index (χ3v) is 6.44. The van der Waals surface area contributed by atoms with Crippen LogP contribution >= 0.6 is 0 Å². The summed E-state index contributed by atoms with van der Waals surface area (Å²) in [6, 6.07) is 0. The molecule has 0 heterocycles. The van der Waals surface area contributed by atoms with Crippen LogP contribution in [0.2, 0.25) is 13.1 Å². The van der Waals surface area contributed by atoms with Crippen molar-refractivity contribution in [1.82, 2.24) is 0 Å². The number of allylic oxidation sites excluding steroid dienone is 1. The SMILES string of the molecule is CC=C[Si](C)(C)O[SiH3]. The maximum absolute atomic E-state index is 5.37. The Kier molecular flexibility index (Phi) is 3.27. The van der Waals surface area contributed by atoms with Gasteiger partial charge in [0.1, 0.15) is 10.5 Å². The molecule has 8 heavy (non-hydrogen) atoms. The first-order chi connectivity index (χ1) is 3.62. The van der Waals surface area contributed by atoms with Gasteiger partial charge in [0.2, 0.25) is 0 Å². The van der Waals surface area contributed by atoms with Gasteiger partial charge < -0.3 is 4.12 Å². The largest absolute Gasteiger partial charge is 0.461 e. The zero-order valence-electron chi connectivity index (χ0n) is 6.06. The minimum absolute atomic E-state index is 0.872. The summed E-state index contributed by atoms with van der Waals surface area (Å²) in [7, 11) is -0.424. The topological polar surface area (TPSA) is 9.23 Å². The molecule has 3 heteroatoms. The fraction of sp³-hybridized carbons (Fsp3) is 0.600. The van der Waals surface area contributed by atoms with Crippen LogP contribution in [0, 0.1) is 0 Å². The minimum atomic E-state index is -1.30. The number of rotatable bonds is 2. The normalized spacial score (nSPS) is 13.4. The first-order valence-corrected chi connectivity index (χ1v) is 6.61. The highest BCUT2D eigenvalue weighted by atomic mass is 28.4. The average Bonchev–Trinajstić information content (AvgIpc) is 1.67. The lowest BCUT2D eigenvalue weighted by atomic mass is 10.8. The molecule has 0 fully saturated rings. The zero-order valence-corrected chi connectivity index (χ0v) is 9.06. The molecule has 0 aliphatic rings. The fourth-order valence-electron chi connectivity index (χ4n) is 0.469. The van der Waals surface area contributed by atoms with Crippen molar-refractivity contribution in [2.45, 2.75) is 20.0 Å². The van der Waals surface area contributed by atoms with Crippen LogP contribution < -0.4 is 0 Å². The standard InChI is InChI=1S/C5H14OSi2/c1-4-5-8(2,3)6-7/h4-5H,1-3,7H3. The maximum Gasteiger partial charge on any atom is 0.197 e. The molecule has 0 atom stereocenters. The molecular formula is C5H14OSi2. The molecule has 0 aromatic carbocycles. The highest BCUT2D eigenvalue weighted by Gasteiger charge is 2.13. The fourth-order valence-corrected chi connectivity index (χ4v) is 1.82. The van der Waals surface area contributed by atoms with Gasteiger partial charge in [-0.25, -0.2) is 0 Å². The van der Waals surface area contributed by atoms with Crippen molar-refractivity contribution in [2.75, 3.05) is 0 Å². The molecule has 0 radical (unpaired) electrons. The summed E-state index contributed by atoms with van der Waals surface area (Å²) >= 11 is 0. The van der Waals surface area contributed by atoms with Crippen molar-refractivity contribution in [2.24, 2.45) is 0 Å². The van der Waals surface area contributed by atoms with Gasteiger partial charge in [-0.1, -0.05) is 11.8 Å². The van der Waals surface area contributed by atoms with E-state index in [1.807, 2.05) is 6.92 Å². The second-order valence-corrected chi connectivity index (χ2v) is 7.48. The van der Waals surface area contributed by atoms with Crippen molar-refractivity contribution in [3.63, 3.8) is 0 Å². The van der Waals surface area contributed by atoms with Crippen molar-refractivity contribution >= 4 is 18.8 Å². The molecule has 0 rings (SSSR count). The molecule has 1 nitrogen and oxygen atoms in total. The van der Waals surface area contributed by atoms with Gasteiger partial charge in [0, 0.05) is 0 Å². The number of hydrogen-bond acceptors (Lipinski definition) is 1. The van der Waals surface area contributed by atoms with Crippen LogP contribution in [0.3, 0.4) is 0 Å². The first-order valence-electron chi connectivity index (χ1n) is 2.81. The summed E-state index contributed by atoms with van der Waals surface area (Å²) in [5.74, 6) is 0. The molecule has 0 bridgehead atoms. The molecule has 0 aromatic rings. The Labute approximate surface area is 55.4 Å². The van der Waals surface area contributed by atoms with E-state index >= 15 is 0 Å². The van der Waals surface area contributed by atoms with Gasteiger partial charge >= 0.3 is 0 Å². The van der Waals surface area contributed by atoms with E-state index in [1.54, 1.807) is 0 Å². The van der Waals surface area contributed by atoms with Crippen LogP contribution in [0.15, 0.2) is 11.8 Å². The summed E-state index contributed by atoms with van der Waals surface area (Å²) in [5.41, 5.74) is 2.19. The highest BCUT2D eigenvalue weighted by Crippen LogP contribution is 2.01. The van der Waals surface area contributed by atoms with E-state index in [1.165, 1.54) is 0 Å². The molecule has 0 unspecified atom stereocenters. The van der Waals surface area contributed by atoms with Gasteiger partial charge in [0.15, 0.2) is 8.32 Å². The van der Waals surface area contributed by atoms with Gasteiger partial charge in [-0.3, -0.25) is 0 Å². The summed E-state index contributed by atoms with van der Waals surface area (Å²) in [6.07, 6.45) is 2.07. The van der Waals surface area contributed by atoms with Crippen molar-refractivity contribution < 1.29 is 4.12 Å². The van der Waals surface area contributed by atoms with Gasteiger partial charge in [-0.15, -0.1) is 0 Å². The lowest BCUT2D eigenvalue weighted by molar-refractivity contribution is 0.627. The van der Waals surface area contributed by atoms with Crippen LogP contribution in [0.25, 0.3) is 0 Å². The van der Waals surface area contributed by atoms with Crippen LogP contribution in [0.4, 0.5) is 0 Å². The quantitative estimate of drug-likeness (QED) is 0.519. The third-order valence-electron chi connectivity index (χ3n) is 1.09. The first kappa shape index (κ1) is 8.13. The van der Waals surface area contributed by atoms with Gasteiger partial charge in [0.25, 0.3) is 0 Å². The second-order valence-electron chi connectivity index (χ2n) is 2.31. The van der Waals surface area contributed by atoms with E-state index in [0.29, 0.717) is 0 Å². The van der Waals surface area contributed by atoms with E-state index in [9.17, 15) is 0 Å².